The molecule has 44 nitrogen and oxygen atoms in total. The number of aromatic hydroxyl groups is 2. The van der Waals surface area contributed by atoms with Crippen molar-refractivity contribution in [2.75, 3.05) is 43.4 Å². The van der Waals surface area contributed by atoms with Crippen LogP contribution in [0, 0.1) is 5.92 Å². The number of thioether (sulfide) groups is 1. The topological polar surface area (TPSA) is 679 Å². The first-order valence-electron chi connectivity index (χ1n) is 46.2. The molecule has 0 spiro atoms. The minimum absolute atomic E-state index is 0.0207. The van der Waals surface area contributed by atoms with E-state index in [4.69, 9.17) is 5.73 Å². The smallest absolute Gasteiger partial charge is 0.327 e. The van der Waals surface area contributed by atoms with Crippen molar-refractivity contribution in [3.63, 3.8) is 0 Å². The molecule has 2 aromatic carbocycles. The van der Waals surface area contributed by atoms with E-state index in [1.54, 1.807) is 39.5 Å². The van der Waals surface area contributed by atoms with Gasteiger partial charge in [0.05, 0.1) is 30.8 Å². The molecule has 47 heteroatoms. The number of hydrogen-bond donors (Lipinski definition) is 26. The normalized spacial score (nSPS) is 18.2. The zero-order chi connectivity index (χ0) is 101. The number of rotatable bonds is 62. The van der Waals surface area contributed by atoms with Gasteiger partial charge in [-0.3, -0.25) is 81.5 Å². The zero-order valence-corrected chi connectivity index (χ0v) is 80.8. The molecule has 3 heterocycles. The molecule has 0 bridgehead atoms. The first kappa shape index (κ1) is 115. The summed E-state index contributed by atoms with van der Waals surface area (Å²) in [7, 11) is 0. The number of urea groups is 1. The highest BCUT2D eigenvalue weighted by molar-refractivity contribution is 8.00. The Kier molecular flexibility index (Phi) is 50.5. The maximum absolute atomic E-state index is 15.0. The van der Waals surface area contributed by atoms with Gasteiger partial charge >= 0.3 is 18.0 Å². The lowest BCUT2D eigenvalue weighted by molar-refractivity contribution is -0.144. The Morgan fingerprint density at radius 3 is 1.46 bits per heavy atom. The SMILES string of the molecule is CCCC[C@H](NC(=O)[C@H](CCC(=O)O)NC(=O)[C@H](C)NC(=O)[C@H](CC(C)C)NC(=O)[C@H](CCCC)NC(=O)[C@H](Cc1ccc(O)cc1)NC(=O)[C@H](CCCCN)NC(=O)[C@H](Cc1ccc(O)cc1)NC(=O)[C@@H](NC(=O)[C@H](CS)NC(=O)[C@@H]1CCCN1C(=O)[C@@H](NC(=O)CNC(=O)[C@H](CCCCNC(=O)CCCC[C@@H]1SC[C@@H]2NC(=O)N[C@@H]21)NC(C)=O)[C@@H](C)O)[C@@H](C)O)C(=O)N[C@@H](CS)C(=O)O. The van der Waals surface area contributed by atoms with Gasteiger partial charge in [0.25, 0.3) is 0 Å². The molecule has 3 aliphatic rings. The standard InChI is InChI=1S/C89H139N19O25S3/c1-9-11-20-57(77(120)99-61(40-47(3)4)81(124)93-48(5)75(118)95-60(35-36-71(116)117)80(123)96-58(21-12-10-2)79(122)103-65(45-135)88(131)132)97-82(125)62(41-52-27-31-54(112)32-28-52)100-78(121)59(22-15-17-37-90)98-83(126)63(42-53-29-33-55(113)34-30-53)101-86(129)72(49(6)109)106-84(127)64(44-134)102-85(128)67-24-19-39-108(67)87(130)73(50(7)110)105-70(115)43-92-76(119)56(94-51(8)111)23-16-18-38-91-69(114)26-14-13-25-68-74-66(46-136-68)104-89(133)107-74/h27-34,47-50,56-68,72-74,109-110,112-113,134-135H,9-26,35-46,90H2,1-8H3,(H,91,114)(H,92,119)(H,93,124)(H,94,111)(H,95,118)(H,96,123)(H,97,125)(H,98,126)(H,99,120)(H,100,121)(H,101,129)(H,102,128)(H,103,122)(H,105,115)(H,106,127)(H,116,117)(H,131,132)(H2,104,107,133)/t48-,49+,50+,56-,57-,58-,59-,60-,61-,62-,63-,64-,65-,66-,67-,68-,72-,73-,74-/m0/s1. The molecule has 25 N–H and O–H groups in total. The molecule has 18 amide bonds. The number of aliphatic hydroxyl groups excluding tert-OH is 2. The Bertz CT molecular complexity index is 4370. The van der Waals surface area contributed by atoms with Crippen molar-refractivity contribution in [3.05, 3.63) is 59.7 Å². The van der Waals surface area contributed by atoms with Gasteiger partial charge < -0.3 is 132 Å². The Morgan fingerprint density at radius 2 is 0.956 bits per heavy atom. The van der Waals surface area contributed by atoms with Crippen molar-refractivity contribution in [2.45, 2.75) is 317 Å². The highest BCUT2D eigenvalue weighted by Gasteiger charge is 2.45. The third-order valence-electron chi connectivity index (χ3n) is 22.9. The maximum Gasteiger partial charge on any atom is 0.327 e. The number of carboxylic acids is 2. The molecule has 0 saturated carbocycles. The summed E-state index contributed by atoms with van der Waals surface area (Å²) in [6, 6.07) is -10.1. The second-order valence-corrected chi connectivity index (χ2v) is 36.7. The van der Waals surface area contributed by atoms with E-state index >= 15 is 4.79 Å². The van der Waals surface area contributed by atoms with Crippen LogP contribution in [0.5, 0.6) is 11.5 Å². The molecule has 0 aliphatic carbocycles. The molecule has 758 valence electrons. The molecule has 5 rings (SSSR count). The number of likely N-dealkylation sites (tertiary alicyclic amines) is 1. The number of benzene rings is 2. The number of nitrogens with one attached hydrogen (secondary N) is 17. The number of phenols is 2. The summed E-state index contributed by atoms with van der Waals surface area (Å²) >= 11 is 10.1. The number of aliphatic carboxylic acids is 2. The predicted octanol–water partition coefficient (Wildman–Crippen LogP) is -2.53. The molecule has 0 radical (unpaired) electrons. The van der Waals surface area contributed by atoms with E-state index < -0.39 is 222 Å². The Balaban J connectivity index is 1.27. The lowest BCUT2D eigenvalue weighted by Gasteiger charge is -2.31. The minimum atomic E-state index is -1.91. The number of amides is 18. The minimum Gasteiger partial charge on any atom is -0.508 e. The molecule has 136 heavy (non-hydrogen) atoms. The van der Waals surface area contributed by atoms with Crippen LogP contribution >= 0.6 is 37.0 Å². The van der Waals surface area contributed by atoms with Gasteiger partial charge in [-0.25, -0.2) is 9.59 Å². The quantitative estimate of drug-likeness (QED) is 0.0184. The largest absolute Gasteiger partial charge is 0.508 e. The average molecular weight is 1970 g/mol. The number of unbranched alkanes of at least 4 members (excludes halogenated alkanes) is 5. The van der Waals surface area contributed by atoms with Gasteiger partial charge in [0, 0.05) is 68.2 Å². The number of aliphatic hydroxyl groups is 2. The summed E-state index contributed by atoms with van der Waals surface area (Å²) in [5.41, 5.74) is 6.60. The van der Waals surface area contributed by atoms with Crippen LogP contribution in [0.4, 0.5) is 4.79 Å². The Labute approximate surface area is 805 Å². The monoisotopic (exact) mass is 1970 g/mol. The third-order valence-corrected chi connectivity index (χ3v) is 25.2. The maximum atomic E-state index is 15.0. The van der Waals surface area contributed by atoms with Crippen LogP contribution in [-0.2, 0) is 99.1 Å². The van der Waals surface area contributed by atoms with Crippen molar-refractivity contribution >= 4 is 150 Å². The molecule has 3 saturated heterocycles. The summed E-state index contributed by atoms with van der Waals surface area (Å²) in [5.74, 6) is -17.4. The summed E-state index contributed by atoms with van der Waals surface area (Å²) in [6.07, 6.45) is 0.671. The van der Waals surface area contributed by atoms with E-state index in [2.05, 4.69) is 116 Å². The van der Waals surface area contributed by atoms with Crippen LogP contribution in [0.15, 0.2) is 48.5 Å². The van der Waals surface area contributed by atoms with Gasteiger partial charge in [-0.1, -0.05) is 84.1 Å². The summed E-state index contributed by atoms with van der Waals surface area (Å²) in [6.45, 7) is 11.5. The number of nitrogens with two attached hydrogens (primary N) is 1. The van der Waals surface area contributed by atoms with Gasteiger partial charge in [0.1, 0.15) is 96.1 Å². The molecular formula is C89H139N19O25S3. The molecule has 19 atom stereocenters. The van der Waals surface area contributed by atoms with Crippen molar-refractivity contribution in [1.82, 2.24) is 95.3 Å². The van der Waals surface area contributed by atoms with Gasteiger partial charge in [-0.2, -0.15) is 37.0 Å². The van der Waals surface area contributed by atoms with E-state index in [0.717, 1.165) is 30.4 Å². The molecule has 3 fully saturated rings. The van der Waals surface area contributed by atoms with Crippen LogP contribution in [0.1, 0.15) is 201 Å². The van der Waals surface area contributed by atoms with Gasteiger partial charge in [-0.05, 0) is 159 Å². The highest BCUT2D eigenvalue weighted by atomic mass is 32.2. The van der Waals surface area contributed by atoms with Gasteiger partial charge in [0.2, 0.25) is 94.5 Å². The van der Waals surface area contributed by atoms with Crippen LogP contribution in [-0.4, -0.2) is 306 Å². The van der Waals surface area contributed by atoms with E-state index in [9.17, 15) is 117 Å². The summed E-state index contributed by atoms with van der Waals surface area (Å²) in [5, 5.41) is 106. The van der Waals surface area contributed by atoms with E-state index in [1.807, 2.05) is 0 Å². The fraction of sp³-hybridized carbons (Fsp3) is 0.652. The van der Waals surface area contributed by atoms with Crippen LogP contribution in [0.2, 0.25) is 0 Å². The first-order chi connectivity index (χ1) is 64.5. The zero-order valence-electron chi connectivity index (χ0n) is 78.1. The lowest BCUT2D eigenvalue weighted by Crippen LogP contribution is -2.62. The number of carbonyl (C=O) groups excluding carboxylic acids is 17. The van der Waals surface area contributed by atoms with E-state index in [-0.39, 0.29) is 130 Å². The predicted molar refractivity (Wildman–Crippen MR) is 506 cm³/mol. The van der Waals surface area contributed by atoms with Crippen molar-refractivity contribution in [2.24, 2.45) is 11.7 Å². The summed E-state index contributed by atoms with van der Waals surface area (Å²) < 4.78 is 0. The molecule has 2 aromatic rings. The third kappa shape index (κ3) is 39.8. The second kappa shape index (κ2) is 59.6. The second-order valence-electron chi connectivity index (χ2n) is 34.7. The van der Waals surface area contributed by atoms with E-state index in [1.165, 1.54) is 69.3 Å². The molecule has 3 aliphatic heterocycles. The van der Waals surface area contributed by atoms with Crippen molar-refractivity contribution < 1.29 is 122 Å². The number of carboxylic acid groups (broad SMARTS) is 2. The molecule has 0 aromatic heterocycles. The number of thiol groups is 2. The fourth-order valence-electron chi connectivity index (χ4n) is 15.4. The van der Waals surface area contributed by atoms with E-state index in [0.29, 0.717) is 75.5 Å². The average Bonchev–Trinajstić information content (AvgIpc) is 1.64. The highest BCUT2D eigenvalue weighted by Crippen LogP contribution is 2.33. The fourth-order valence-corrected chi connectivity index (χ4v) is 17.4. The Hall–Kier alpha value is -11.3. The van der Waals surface area contributed by atoms with Crippen molar-refractivity contribution in [1.29, 1.82) is 0 Å². The van der Waals surface area contributed by atoms with Crippen LogP contribution in [0.25, 0.3) is 0 Å². The first-order valence-corrected chi connectivity index (χ1v) is 48.6. The number of phenolic OH excluding ortho intramolecular Hbond substituents is 2. The molecule has 0 unspecified atom stereocenters. The lowest BCUT2D eigenvalue weighted by atomic mass is 10.00. The molecular weight excluding hydrogens is 1830 g/mol. The van der Waals surface area contributed by atoms with Crippen LogP contribution < -0.4 is 96.1 Å². The van der Waals surface area contributed by atoms with Crippen LogP contribution in [0.3, 0.4) is 0 Å². The van der Waals surface area contributed by atoms with Gasteiger partial charge in [-0.15, -0.1) is 0 Å². The number of nitrogens with zero attached hydrogens (tertiary/aromatic N) is 1. The van der Waals surface area contributed by atoms with Crippen molar-refractivity contribution in [3.8, 4) is 11.5 Å². The number of carbonyl (C=O) groups is 19. The number of fused-ring (bicyclic) bond motifs is 1. The Morgan fingerprint density at radius 1 is 0.485 bits per heavy atom. The van der Waals surface area contributed by atoms with Gasteiger partial charge in [0.15, 0.2) is 0 Å². The summed E-state index contributed by atoms with van der Waals surface area (Å²) in [4.78, 5) is 260. The number of hydrogen-bond acceptors (Lipinski definition) is 27.